The van der Waals surface area contributed by atoms with Gasteiger partial charge >= 0.3 is 0 Å². The minimum Gasteiger partial charge on any atom is -0.379 e. The Labute approximate surface area is 151 Å². The number of benzene rings is 1. The summed E-state index contributed by atoms with van der Waals surface area (Å²) in [6.07, 6.45) is 0. The summed E-state index contributed by atoms with van der Waals surface area (Å²) in [5.41, 5.74) is 0.431. The molecule has 132 valence electrons. The molecule has 2 amide bonds. The molecule has 0 atom stereocenters. The number of nitrogens with one attached hydrogen (secondary N) is 1. The number of hydrogen-bond acceptors (Lipinski definition) is 4. The molecule has 0 saturated carbocycles. The van der Waals surface area contributed by atoms with Crippen molar-refractivity contribution in [2.24, 2.45) is 0 Å². The Balaban J connectivity index is 1.89. The summed E-state index contributed by atoms with van der Waals surface area (Å²) in [6, 6.07) is 4.99. The molecule has 0 radical (unpaired) electrons. The molecular formula is C16H21Cl2N3O3. The predicted octanol–water partition coefficient (Wildman–Crippen LogP) is 1.79. The van der Waals surface area contributed by atoms with Crippen LogP contribution in [0.15, 0.2) is 18.2 Å². The maximum absolute atomic E-state index is 12.1. The molecular weight excluding hydrogens is 353 g/mol. The van der Waals surface area contributed by atoms with Crippen LogP contribution in [0.3, 0.4) is 0 Å². The van der Waals surface area contributed by atoms with E-state index in [4.69, 9.17) is 27.9 Å². The number of nitrogens with zero attached hydrogens (tertiary/aromatic N) is 2. The highest BCUT2D eigenvalue weighted by molar-refractivity contribution is 6.44. The van der Waals surface area contributed by atoms with Crippen molar-refractivity contribution in [2.45, 2.75) is 6.92 Å². The first-order valence-corrected chi connectivity index (χ1v) is 8.53. The van der Waals surface area contributed by atoms with Crippen LogP contribution in [0, 0.1) is 0 Å². The van der Waals surface area contributed by atoms with Crippen molar-refractivity contribution in [3.05, 3.63) is 28.2 Å². The second kappa shape index (κ2) is 9.22. The van der Waals surface area contributed by atoms with Crippen molar-refractivity contribution in [3.63, 3.8) is 0 Å². The van der Waals surface area contributed by atoms with Crippen molar-refractivity contribution in [1.29, 1.82) is 0 Å². The summed E-state index contributed by atoms with van der Waals surface area (Å²) < 4.78 is 5.28. The number of anilines is 1. The highest BCUT2D eigenvalue weighted by Crippen LogP contribution is 2.32. The molecule has 24 heavy (non-hydrogen) atoms. The highest BCUT2D eigenvalue weighted by atomic mass is 35.5. The average Bonchev–Trinajstić information content (AvgIpc) is 2.56. The minimum atomic E-state index is -0.275. The van der Waals surface area contributed by atoms with Crippen molar-refractivity contribution >= 4 is 40.7 Å². The molecule has 1 aliphatic heterocycles. The molecule has 2 rings (SSSR count). The largest absolute Gasteiger partial charge is 0.379 e. The summed E-state index contributed by atoms with van der Waals surface area (Å²) in [5, 5.41) is 3.43. The standard InChI is InChI=1S/C16H21Cl2N3O3/c1-12(22)21(14-4-2-3-13(17)16(14)18)11-15(23)19-5-6-20-7-9-24-10-8-20/h2-4H,5-11H2,1H3,(H,19,23). The molecule has 1 aromatic rings. The van der Waals surface area contributed by atoms with E-state index in [-0.39, 0.29) is 23.4 Å². The van der Waals surface area contributed by atoms with E-state index >= 15 is 0 Å². The molecule has 0 unspecified atom stereocenters. The number of amides is 2. The third-order valence-corrected chi connectivity index (χ3v) is 4.57. The monoisotopic (exact) mass is 373 g/mol. The lowest BCUT2D eigenvalue weighted by molar-refractivity contribution is -0.123. The second-order valence-electron chi connectivity index (χ2n) is 5.48. The van der Waals surface area contributed by atoms with Gasteiger partial charge in [0.25, 0.3) is 0 Å². The number of ether oxygens (including phenoxy) is 1. The fraction of sp³-hybridized carbons (Fsp3) is 0.500. The molecule has 0 aromatic heterocycles. The maximum atomic E-state index is 12.1. The zero-order valence-corrected chi connectivity index (χ0v) is 15.1. The summed E-state index contributed by atoms with van der Waals surface area (Å²) in [7, 11) is 0. The number of carbonyl (C=O) groups excluding carboxylic acids is 2. The van der Waals surface area contributed by atoms with E-state index in [0.29, 0.717) is 17.3 Å². The Bertz CT molecular complexity index is 592. The van der Waals surface area contributed by atoms with E-state index in [2.05, 4.69) is 10.2 Å². The topological polar surface area (TPSA) is 61.9 Å². The zero-order chi connectivity index (χ0) is 17.5. The molecule has 0 spiro atoms. The lowest BCUT2D eigenvalue weighted by atomic mass is 10.2. The molecule has 1 aliphatic rings. The Kier molecular flexibility index (Phi) is 7.30. The van der Waals surface area contributed by atoms with Crippen LogP contribution in [0.4, 0.5) is 5.69 Å². The molecule has 1 fully saturated rings. The van der Waals surface area contributed by atoms with Gasteiger partial charge in [-0.2, -0.15) is 0 Å². The Hall–Kier alpha value is -1.34. The van der Waals surface area contributed by atoms with Gasteiger partial charge in [0.2, 0.25) is 11.8 Å². The lowest BCUT2D eigenvalue weighted by Gasteiger charge is -2.27. The molecule has 1 heterocycles. The fourth-order valence-electron chi connectivity index (χ4n) is 2.44. The molecule has 1 aromatic carbocycles. The van der Waals surface area contributed by atoms with Gasteiger partial charge in [-0.05, 0) is 12.1 Å². The first kappa shape index (κ1) is 19.0. The van der Waals surface area contributed by atoms with Gasteiger partial charge in [-0.15, -0.1) is 0 Å². The summed E-state index contributed by atoms with van der Waals surface area (Å²) in [5.74, 6) is -0.517. The second-order valence-corrected chi connectivity index (χ2v) is 6.27. The fourth-order valence-corrected chi connectivity index (χ4v) is 2.84. The number of hydrogen-bond donors (Lipinski definition) is 1. The predicted molar refractivity (Wildman–Crippen MR) is 94.8 cm³/mol. The van der Waals surface area contributed by atoms with Gasteiger partial charge in [0.1, 0.15) is 6.54 Å². The van der Waals surface area contributed by atoms with E-state index in [1.54, 1.807) is 18.2 Å². The van der Waals surface area contributed by atoms with Gasteiger partial charge in [0.05, 0.1) is 28.9 Å². The van der Waals surface area contributed by atoms with Crippen LogP contribution in [-0.2, 0) is 14.3 Å². The SMILES string of the molecule is CC(=O)N(CC(=O)NCCN1CCOCC1)c1cccc(Cl)c1Cl. The van der Waals surface area contributed by atoms with E-state index in [1.165, 1.54) is 11.8 Å². The Morgan fingerprint density at radius 3 is 2.67 bits per heavy atom. The van der Waals surface area contributed by atoms with Crippen molar-refractivity contribution in [3.8, 4) is 0 Å². The Morgan fingerprint density at radius 2 is 2.00 bits per heavy atom. The average molecular weight is 374 g/mol. The number of halogens is 2. The van der Waals surface area contributed by atoms with Crippen LogP contribution < -0.4 is 10.2 Å². The first-order chi connectivity index (χ1) is 11.5. The summed E-state index contributed by atoms with van der Waals surface area (Å²) >= 11 is 12.1. The lowest BCUT2D eigenvalue weighted by Crippen LogP contribution is -2.44. The molecule has 6 nitrogen and oxygen atoms in total. The van der Waals surface area contributed by atoms with E-state index in [9.17, 15) is 9.59 Å². The smallest absolute Gasteiger partial charge is 0.240 e. The summed E-state index contributed by atoms with van der Waals surface area (Å²) in [4.78, 5) is 27.6. The third-order valence-electron chi connectivity index (χ3n) is 3.76. The molecule has 0 aliphatic carbocycles. The Morgan fingerprint density at radius 1 is 1.29 bits per heavy atom. The normalized spacial score (nSPS) is 15.1. The maximum Gasteiger partial charge on any atom is 0.240 e. The van der Waals surface area contributed by atoms with Crippen LogP contribution >= 0.6 is 23.2 Å². The van der Waals surface area contributed by atoms with Crippen LogP contribution in [0.2, 0.25) is 10.0 Å². The number of rotatable bonds is 6. The third kappa shape index (κ3) is 5.34. The van der Waals surface area contributed by atoms with Gasteiger partial charge in [-0.3, -0.25) is 14.5 Å². The van der Waals surface area contributed by atoms with Gasteiger partial charge in [-0.25, -0.2) is 0 Å². The number of carbonyl (C=O) groups is 2. The van der Waals surface area contributed by atoms with Gasteiger partial charge in [0.15, 0.2) is 0 Å². The zero-order valence-electron chi connectivity index (χ0n) is 13.6. The molecule has 1 saturated heterocycles. The molecule has 8 heteroatoms. The highest BCUT2D eigenvalue weighted by Gasteiger charge is 2.19. The minimum absolute atomic E-state index is 0.0987. The van der Waals surface area contributed by atoms with Crippen LogP contribution in [0.25, 0.3) is 0 Å². The van der Waals surface area contributed by atoms with Crippen LogP contribution in [0.1, 0.15) is 6.92 Å². The molecule has 1 N–H and O–H groups in total. The van der Waals surface area contributed by atoms with Gasteiger partial charge in [0, 0.05) is 33.1 Å². The van der Waals surface area contributed by atoms with Gasteiger partial charge < -0.3 is 15.0 Å². The number of morpholine rings is 1. The summed E-state index contributed by atoms with van der Waals surface area (Å²) in [6.45, 7) is 5.75. The van der Waals surface area contributed by atoms with Crippen molar-refractivity contribution < 1.29 is 14.3 Å². The quantitative estimate of drug-likeness (QED) is 0.825. The van der Waals surface area contributed by atoms with E-state index < -0.39 is 0 Å². The van der Waals surface area contributed by atoms with Gasteiger partial charge in [-0.1, -0.05) is 29.3 Å². The van der Waals surface area contributed by atoms with Crippen LogP contribution in [-0.4, -0.2) is 62.7 Å². The van der Waals surface area contributed by atoms with Crippen LogP contribution in [0.5, 0.6) is 0 Å². The van der Waals surface area contributed by atoms with Crippen molar-refractivity contribution in [2.75, 3.05) is 50.8 Å². The molecule has 0 bridgehead atoms. The van der Waals surface area contributed by atoms with E-state index in [0.717, 1.165) is 32.8 Å². The van der Waals surface area contributed by atoms with Crippen molar-refractivity contribution in [1.82, 2.24) is 10.2 Å². The first-order valence-electron chi connectivity index (χ1n) is 7.78. The van der Waals surface area contributed by atoms with E-state index in [1.807, 2.05) is 0 Å².